The van der Waals surface area contributed by atoms with Crippen LogP contribution in [0.2, 0.25) is 0 Å². The molecule has 0 rings (SSSR count). The molecule has 0 aromatic rings. The summed E-state index contributed by atoms with van der Waals surface area (Å²) in [5.74, 6) is -0.396. The zero-order valence-corrected chi connectivity index (χ0v) is 23.8. The lowest BCUT2D eigenvalue weighted by atomic mass is 10.1. The molecular formula is C31H58O4. The molecule has 0 amide bonds. The van der Waals surface area contributed by atoms with Gasteiger partial charge in [0.15, 0.2) is 0 Å². The van der Waals surface area contributed by atoms with Gasteiger partial charge < -0.3 is 9.47 Å². The van der Waals surface area contributed by atoms with Crippen LogP contribution in [-0.2, 0) is 19.1 Å². The second-order valence-corrected chi connectivity index (χ2v) is 9.40. The summed E-state index contributed by atoms with van der Waals surface area (Å²) in [4.78, 5) is 21.0. The maximum atomic E-state index is 10.5. The molecule has 0 fully saturated rings. The molecule has 0 bridgehead atoms. The normalized spacial score (nSPS) is 11.0. The predicted molar refractivity (Wildman–Crippen MR) is 151 cm³/mol. The van der Waals surface area contributed by atoms with Crippen molar-refractivity contribution in [3.63, 3.8) is 0 Å². The van der Waals surface area contributed by atoms with Gasteiger partial charge in [-0.2, -0.15) is 0 Å². The van der Waals surface area contributed by atoms with Crippen LogP contribution < -0.4 is 0 Å². The van der Waals surface area contributed by atoms with Gasteiger partial charge in [0.25, 0.3) is 0 Å². The first kappa shape index (κ1) is 35.6. The van der Waals surface area contributed by atoms with Gasteiger partial charge in [0.2, 0.25) is 0 Å². The Morgan fingerprint density at radius 3 is 1.29 bits per heavy atom. The molecule has 0 spiro atoms. The van der Waals surface area contributed by atoms with E-state index in [0.717, 1.165) is 19.3 Å². The number of carbonyl (C=O) groups is 2. The van der Waals surface area contributed by atoms with Crippen molar-refractivity contribution >= 4 is 11.9 Å². The summed E-state index contributed by atoms with van der Waals surface area (Å²) < 4.78 is 9.63. The van der Waals surface area contributed by atoms with Crippen molar-refractivity contribution in [1.82, 2.24) is 0 Å². The summed E-state index contributed by atoms with van der Waals surface area (Å²) in [5, 5.41) is 0. The highest BCUT2D eigenvalue weighted by atomic mass is 16.5. The molecule has 0 N–H and O–H groups in total. The van der Waals surface area contributed by atoms with E-state index in [-0.39, 0.29) is 11.9 Å². The zero-order valence-electron chi connectivity index (χ0n) is 23.8. The minimum absolute atomic E-state index is 0.187. The molecule has 0 atom stereocenters. The number of carbonyl (C=O) groups excluding carboxylic acids is 2. The van der Waals surface area contributed by atoms with E-state index in [1.54, 1.807) is 0 Å². The number of hydrogen-bond donors (Lipinski definition) is 0. The van der Waals surface area contributed by atoms with Gasteiger partial charge in [0.1, 0.15) is 6.61 Å². The molecule has 0 aliphatic heterocycles. The zero-order chi connectivity index (χ0) is 26.2. The Morgan fingerprint density at radius 1 is 0.486 bits per heavy atom. The fourth-order valence-corrected chi connectivity index (χ4v) is 3.65. The van der Waals surface area contributed by atoms with Gasteiger partial charge in [-0.05, 0) is 32.1 Å². The van der Waals surface area contributed by atoms with Gasteiger partial charge >= 0.3 is 11.9 Å². The van der Waals surface area contributed by atoms with Crippen LogP contribution in [0.5, 0.6) is 0 Å². The number of esters is 2. The monoisotopic (exact) mass is 494 g/mol. The first-order valence-corrected chi connectivity index (χ1v) is 14.6. The van der Waals surface area contributed by atoms with Gasteiger partial charge in [-0.15, -0.1) is 0 Å². The molecule has 0 heterocycles. The molecule has 35 heavy (non-hydrogen) atoms. The molecule has 0 aliphatic carbocycles. The number of hydrogen-bond acceptors (Lipinski definition) is 4. The number of rotatable bonds is 23. The topological polar surface area (TPSA) is 52.6 Å². The molecule has 4 nitrogen and oxygen atoms in total. The molecule has 0 saturated heterocycles. The third-order valence-corrected chi connectivity index (χ3v) is 5.75. The SMILES string of the molecule is CCCCCCCC/C=C/COC(C)=O.CCCCCCCCCCCC/C=C\CCOC(C)=O. The molecule has 0 aromatic carbocycles. The number of ether oxygens (including phenoxy) is 2. The summed E-state index contributed by atoms with van der Waals surface area (Å²) in [7, 11) is 0. The first-order chi connectivity index (χ1) is 17.0. The van der Waals surface area contributed by atoms with Crippen molar-refractivity contribution in [3.05, 3.63) is 24.3 Å². The Kier molecular flexibility index (Phi) is 33.0. The molecule has 0 unspecified atom stereocenters. The van der Waals surface area contributed by atoms with Crippen molar-refractivity contribution in [2.45, 2.75) is 150 Å². The average Bonchev–Trinajstić information content (AvgIpc) is 2.83. The number of unbranched alkanes of at least 4 members (excludes halogenated alkanes) is 16. The van der Waals surface area contributed by atoms with Crippen molar-refractivity contribution < 1.29 is 19.1 Å². The predicted octanol–water partition coefficient (Wildman–Crippen LogP) is 9.66. The minimum Gasteiger partial charge on any atom is -0.466 e. The maximum absolute atomic E-state index is 10.5. The Morgan fingerprint density at radius 2 is 0.857 bits per heavy atom. The Bertz CT molecular complexity index is 496. The van der Waals surface area contributed by atoms with Crippen molar-refractivity contribution in [1.29, 1.82) is 0 Å². The smallest absolute Gasteiger partial charge is 0.302 e. The van der Waals surface area contributed by atoms with Crippen LogP contribution in [0.4, 0.5) is 0 Å². The van der Waals surface area contributed by atoms with E-state index in [1.807, 2.05) is 6.08 Å². The van der Waals surface area contributed by atoms with E-state index in [9.17, 15) is 9.59 Å². The summed E-state index contributed by atoms with van der Waals surface area (Å²) >= 11 is 0. The fourth-order valence-electron chi connectivity index (χ4n) is 3.65. The standard InChI is InChI=1S/C18H34O2.C13H24O2/c1-3-4-5-6-7-8-9-10-11-12-13-14-15-16-17-20-18(2)19;1-3-4-5-6-7-8-9-10-11-12-15-13(2)14/h14-15H,3-13,16-17H2,1-2H3;10-11H,3-9,12H2,1-2H3/b15-14-;11-10+. The maximum Gasteiger partial charge on any atom is 0.302 e. The molecule has 206 valence electrons. The van der Waals surface area contributed by atoms with Gasteiger partial charge in [0, 0.05) is 13.8 Å². The second-order valence-electron chi connectivity index (χ2n) is 9.40. The van der Waals surface area contributed by atoms with Gasteiger partial charge in [-0.25, -0.2) is 0 Å². The van der Waals surface area contributed by atoms with Crippen molar-refractivity contribution in [2.75, 3.05) is 13.2 Å². The minimum atomic E-state index is -0.209. The highest BCUT2D eigenvalue weighted by Gasteiger charge is 1.93. The van der Waals surface area contributed by atoms with E-state index in [2.05, 4.69) is 32.1 Å². The molecule has 0 aromatic heterocycles. The van der Waals surface area contributed by atoms with Crippen LogP contribution >= 0.6 is 0 Å². The lowest BCUT2D eigenvalue weighted by Gasteiger charge is -2.01. The summed E-state index contributed by atoms with van der Waals surface area (Å²) in [6.45, 7) is 8.33. The summed E-state index contributed by atoms with van der Waals surface area (Å²) in [6.07, 6.45) is 33.3. The van der Waals surface area contributed by atoms with E-state index < -0.39 is 0 Å². The van der Waals surface area contributed by atoms with Crippen LogP contribution in [0.15, 0.2) is 24.3 Å². The quantitative estimate of drug-likeness (QED) is 0.0805. The third kappa shape index (κ3) is 39.9. The Labute approximate surface area is 218 Å². The Balaban J connectivity index is 0. The number of allylic oxidation sites excluding steroid dienone is 2. The third-order valence-electron chi connectivity index (χ3n) is 5.75. The van der Waals surface area contributed by atoms with Crippen LogP contribution in [0.25, 0.3) is 0 Å². The van der Waals surface area contributed by atoms with Crippen LogP contribution in [0.3, 0.4) is 0 Å². The molecule has 4 heteroatoms. The van der Waals surface area contributed by atoms with Crippen molar-refractivity contribution in [2.24, 2.45) is 0 Å². The van der Waals surface area contributed by atoms with E-state index in [0.29, 0.717) is 13.2 Å². The highest BCUT2D eigenvalue weighted by Crippen LogP contribution is 2.11. The van der Waals surface area contributed by atoms with Gasteiger partial charge in [-0.1, -0.05) is 128 Å². The highest BCUT2D eigenvalue weighted by molar-refractivity contribution is 5.66. The second kappa shape index (κ2) is 32.4. The van der Waals surface area contributed by atoms with E-state index >= 15 is 0 Å². The summed E-state index contributed by atoms with van der Waals surface area (Å²) in [5.41, 5.74) is 0. The molecule has 0 saturated carbocycles. The first-order valence-electron chi connectivity index (χ1n) is 14.6. The van der Waals surface area contributed by atoms with E-state index in [4.69, 9.17) is 9.47 Å². The Hall–Kier alpha value is -1.58. The lowest BCUT2D eigenvalue weighted by Crippen LogP contribution is -1.98. The fraction of sp³-hybridized carbons (Fsp3) is 0.806. The summed E-state index contributed by atoms with van der Waals surface area (Å²) in [6, 6.07) is 0. The van der Waals surface area contributed by atoms with Crippen LogP contribution in [0, 0.1) is 0 Å². The van der Waals surface area contributed by atoms with Crippen LogP contribution in [0.1, 0.15) is 150 Å². The van der Waals surface area contributed by atoms with Crippen molar-refractivity contribution in [3.8, 4) is 0 Å². The molecular weight excluding hydrogens is 436 g/mol. The van der Waals surface area contributed by atoms with E-state index in [1.165, 1.54) is 117 Å². The molecule has 0 radical (unpaired) electrons. The largest absolute Gasteiger partial charge is 0.466 e. The van der Waals surface area contributed by atoms with Gasteiger partial charge in [0.05, 0.1) is 6.61 Å². The average molecular weight is 495 g/mol. The van der Waals surface area contributed by atoms with Gasteiger partial charge in [-0.3, -0.25) is 9.59 Å². The molecule has 0 aliphatic rings. The van der Waals surface area contributed by atoms with Crippen LogP contribution in [-0.4, -0.2) is 25.2 Å². The lowest BCUT2D eigenvalue weighted by molar-refractivity contribution is -0.141.